The number of benzene rings is 1. The van der Waals surface area contributed by atoms with E-state index in [0.717, 1.165) is 12.1 Å². The summed E-state index contributed by atoms with van der Waals surface area (Å²) in [4.78, 5) is 1.86. The lowest BCUT2D eigenvalue weighted by atomic mass is 10.1. The molecule has 0 bridgehead atoms. The third-order valence-electron chi connectivity index (χ3n) is 3.06. The molecule has 21 heavy (non-hydrogen) atoms. The highest BCUT2D eigenvalue weighted by atomic mass is 32.1. The van der Waals surface area contributed by atoms with Crippen LogP contribution in [0.5, 0.6) is 0 Å². The molecule has 0 heterocycles. The quantitative estimate of drug-likeness (QED) is 0.817. The molecule has 0 amide bonds. The third-order valence-corrected chi connectivity index (χ3v) is 3.28. The van der Waals surface area contributed by atoms with Gasteiger partial charge in [0.2, 0.25) is 0 Å². The van der Waals surface area contributed by atoms with Crippen LogP contribution in [0.2, 0.25) is 0 Å². The first-order valence-corrected chi connectivity index (χ1v) is 6.86. The van der Waals surface area contributed by atoms with Gasteiger partial charge < -0.3 is 15.4 Å². The van der Waals surface area contributed by atoms with E-state index in [4.69, 9.17) is 22.7 Å². The number of ether oxygens (including phenoxy) is 1. The Bertz CT molecular complexity index is 503. The number of rotatable bonds is 6. The van der Waals surface area contributed by atoms with Gasteiger partial charge in [-0.2, -0.15) is 13.2 Å². The normalized spacial score (nSPS) is 11.8. The summed E-state index contributed by atoms with van der Waals surface area (Å²) in [6.45, 7) is 4.87. The first kappa shape index (κ1) is 17.7. The Labute approximate surface area is 127 Å². The van der Waals surface area contributed by atoms with E-state index in [1.807, 2.05) is 18.7 Å². The lowest BCUT2D eigenvalue weighted by Gasteiger charge is -2.31. The Kier molecular flexibility index (Phi) is 5.98. The molecule has 0 aliphatic carbocycles. The summed E-state index contributed by atoms with van der Waals surface area (Å²) in [5, 5.41) is 0. The van der Waals surface area contributed by atoms with Crippen molar-refractivity contribution in [1.82, 2.24) is 0 Å². The highest BCUT2D eigenvalue weighted by Crippen LogP contribution is 2.33. The zero-order valence-corrected chi connectivity index (χ0v) is 13.0. The van der Waals surface area contributed by atoms with Crippen LogP contribution in [0.1, 0.15) is 25.0 Å². The van der Waals surface area contributed by atoms with Crippen molar-refractivity contribution in [2.75, 3.05) is 25.2 Å². The molecule has 1 rings (SSSR count). The zero-order valence-electron chi connectivity index (χ0n) is 12.2. The Balaban J connectivity index is 3.30. The molecule has 1 aromatic rings. The minimum absolute atomic E-state index is 0.0563. The second-order valence-corrected chi connectivity index (χ2v) is 5.31. The first-order valence-electron chi connectivity index (χ1n) is 6.45. The second kappa shape index (κ2) is 7.09. The van der Waals surface area contributed by atoms with Crippen LogP contribution in [0.4, 0.5) is 18.9 Å². The molecule has 7 heteroatoms. The van der Waals surface area contributed by atoms with Crippen LogP contribution in [0.25, 0.3) is 0 Å². The van der Waals surface area contributed by atoms with E-state index < -0.39 is 11.7 Å². The molecule has 0 fully saturated rings. The van der Waals surface area contributed by atoms with Crippen molar-refractivity contribution in [2.45, 2.75) is 26.1 Å². The van der Waals surface area contributed by atoms with Gasteiger partial charge in [-0.1, -0.05) is 12.2 Å². The molecule has 3 nitrogen and oxygen atoms in total. The van der Waals surface area contributed by atoms with Crippen molar-refractivity contribution in [2.24, 2.45) is 5.73 Å². The monoisotopic (exact) mass is 320 g/mol. The predicted molar refractivity (Wildman–Crippen MR) is 81.7 cm³/mol. The number of methoxy groups -OCH3 is 1. The second-order valence-electron chi connectivity index (χ2n) is 4.87. The minimum atomic E-state index is -4.42. The average Bonchev–Trinajstić information content (AvgIpc) is 2.37. The predicted octanol–water partition coefficient (Wildman–Crippen LogP) is 3.20. The highest BCUT2D eigenvalue weighted by molar-refractivity contribution is 7.80. The molecule has 2 N–H and O–H groups in total. The molecule has 0 aromatic heterocycles. The molecule has 0 radical (unpaired) electrons. The van der Waals surface area contributed by atoms with Crippen LogP contribution in [0.15, 0.2) is 18.2 Å². The fourth-order valence-electron chi connectivity index (χ4n) is 2.01. The number of hydrogen-bond acceptors (Lipinski definition) is 3. The van der Waals surface area contributed by atoms with Gasteiger partial charge in [0, 0.05) is 30.9 Å². The van der Waals surface area contributed by atoms with Crippen molar-refractivity contribution in [3.05, 3.63) is 29.3 Å². The summed E-state index contributed by atoms with van der Waals surface area (Å²) in [5.74, 6) is 0. The Morgan fingerprint density at radius 2 is 2.00 bits per heavy atom. The van der Waals surface area contributed by atoms with Crippen LogP contribution >= 0.6 is 12.2 Å². The van der Waals surface area contributed by atoms with E-state index in [9.17, 15) is 13.2 Å². The molecule has 0 aliphatic heterocycles. The van der Waals surface area contributed by atoms with E-state index in [1.54, 1.807) is 7.11 Å². The summed E-state index contributed by atoms with van der Waals surface area (Å²) >= 11 is 4.90. The van der Waals surface area contributed by atoms with Crippen molar-refractivity contribution >= 4 is 22.9 Å². The molecule has 0 saturated carbocycles. The number of anilines is 1. The fourth-order valence-corrected chi connectivity index (χ4v) is 2.17. The van der Waals surface area contributed by atoms with Crippen LogP contribution < -0.4 is 10.6 Å². The topological polar surface area (TPSA) is 38.5 Å². The molecular weight excluding hydrogens is 301 g/mol. The van der Waals surface area contributed by atoms with Gasteiger partial charge in [-0.15, -0.1) is 0 Å². The van der Waals surface area contributed by atoms with Gasteiger partial charge in [0.1, 0.15) is 4.99 Å². The standard InChI is InChI=1S/C14H19F3N2OS/c1-9(2)19(6-7-20-3)12-5-4-10(14(15,16)17)8-11(12)13(18)21/h4-5,8-9H,6-7H2,1-3H3,(H2,18,21). The Morgan fingerprint density at radius 3 is 2.43 bits per heavy atom. The van der Waals surface area contributed by atoms with Crippen LogP contribution in [-0.4, -0.2) is 31.3 Å². The number of nitrogens with two attached hydrogens (primary N) is 1. The molecule has 118 valence electrons. The van der Waals surface area contributed by atoms with Crippen LogP contribution in [-0.2, 0) is 10.9 Å². The molecular formula is C14H19F3N2OS. The van der Waals surface area contributed by atoms with Crippen molar-refractivity contribution in [3.8, 4) is 0 Å². The van der Waals surface area contributed by atoms with Gasteiger partial charge in [-0.3, -0.25) is 0 Å². The van der Waals surface area contributed by atoms with Gasteiger partial charge in [0.15, 0.2) is 0 Å². The smallest absolute Gasteiger partial charge is 0.389 e. The SMILES string of the molecule is COCCN(c1ccc(C(F)(F)F)cc1C(N)=S)C(C)C. The van der Waals surface area contributed by atoms with Gasteiger partial charge in [-0.05, 0) is 32.0 Å². The average molecular weight is 320 g/mol. The first-order chi connectivity index (χ1) is 9.68. The largest absolute Gasteiger partial charge is 0.416 e. The maximum absolute atomic E-state index is 12.8. The van der Waals surface area contributed by atoms with Crippen LogP contribution in [0.3, 0.4) is 0 Å². The highest BCUT2D eigenvalue weighted by Gasteiger charge is 2.31. The van der Waals surface area contributed by atoms with Crippen molar-refractivity contribution in [1.29, 1.82) is 0 Å². The lowest BCUT2D eigenvalue weighted by molar-refractivity contribution is -0.137. The van der Waals surface area contributed by atoms with E-state index >= 15 is 0 Å². The van der Waals surface area contributed by atoms with E-state index in [1.165, 1.54) is 6.07 Å². The van der Waals surface area contributed by atoms with E-state index in [0.29, 0.717) is 18.8 Å². The summed E-state index contributed by atoms with van der Waals surface area (Å²) in [7, 11) is 1.57. The van der Waals surface area contributed by atoms with Crippen molar-refractivity contribution in [3.63, 3.8) is 0 Å². The molecule has 0 aliphatic rings. The molecule has 0 spiro atoms. The summed E-state index contributed by atoms with van der Waals surface area (Å²) in [6, 6.07) is 3.52. The number of nitrogens with zero attached hydrogens (tertiary/aromatic N) is 1. The summed E-state index contributed by atoms with van der Waals surface area (Å²) in [6.07, 6.45) is -4.42. The number of thiocarbonyl (C=S) groups is 1. The van der Waals surface area contributed by atoms with E-state index in [2.05, 4.69) is 0 Å². The lowest BCUT2D eigenvalue weighted by Crippen LogP contribution is -2.35. The number of alkyl halides is 3. The van der Waals surface area contributed by atoms with E-state index in [-0.39, 0.29) is 16.6 Å². The zero-order chi connectivity index (χ0) is 16.2. The van der Waals surface area contributed by atoms with Gasteiger partial charge in [0.05, 0.1) is 12.2 Å². The number of hydrogen-bond donors (Lipinski definition) is 1. The maximum atomic E-state index is 12.8. The summed E-state index contributed by atoms with van der Waals surface area (Å²) in [5.41, 5.74) is 5.65. The number of halogens is 3. The molecule has 0 unspecified atom stereocenters. The minimum Gasteiger partial charge on any atom is -0.389 e. The maximum Gasteiger partial charge on any atom is 0.416 e. The Morgan fingerprint density at radius 1 is 1.38 bits per heavy atom. The van der Waals surface area contributed by atoms with Gasteiger partial charge in [-0.25, -0.2) is 0 Å². The van der Waals surface area contributed by atoms with Crippen molar-refractivity contribution < 1.29 is 17.9 Å². The molecule has 1 aromatic carbocycles. The summed E-state index contributed by atoms with van der Waals surface area (Å²) < 4.78 is 43.5. The third kappa shape index (κ3) is 4.57. The molecule has 0 atom stereocenters. The van der Waals surface area contributed by atoms with Gasteiger partial charge in [0.25, 0.3) is 0 Å². The Hall–Kier alpha value is -1.34. The van der Waals surface area contributed by atoms with Crippen LogP contribution in [0, 0.1) is 0 Å². The van der Waals surface area contributed by atoms with Gasteiger partial charge >= 0.3 is 6.18 Å². The fraction of sp³-hybridized carbons (Fsp3) is 0.500. The molecule has 0 saturated heterocycles.